The van der Waals surface area contributed by atoms with E-state index in [1.807, 2.05) is 0 Å². The van der Waals surface area contributed by atoms with Crippen molar-refractivity contribution in [1.82, 2.24) is 15.0 Å². The van der Waals surface area contributed by atoms with Crippen LogP contribution in [0.15, 0.2) is 32.3 Å². The molecule has 10 nitrogen and oxygen atoms in total. The van der Waals surface area contributed by atoms with Gasteiger partial charge >= 0.3 is 0 Å². The Morgan fingerprint density at radius 1 is 1.26 bits per heavy atom. The minimum absolute atomic E-state index is 0.105. The second-order valence-corrected chi connectivity index (χ2v) is 9.79. The summed E-state index contributed by atoms with van der Waals surface area (Å²) in [6.45, 7) is 1.04. The van der Waals surface area contributed by atoms with Crippen LogP contribution in [-0.4, -0.2) is 37.7 Å². The highest BCUT2D eigenvalue weighted by molar-refractivity contribution is 9.10. The van der Waals surface area contributed by atoms with Gasteiger partial charge in [0.05, 0.1) is 10.2 Å². The first-order valence-corrected chi connectivity index (χ1v) is 12.2. The lowest BCUT2D eigenvalue weighted by molar-refractivity contribution is 0.272. The summed E-state index contributed by atoms with van der Waals surface area (Å²) in [7, 11) is -3.63. The molecular weight excluding hydrogens is 493 g/mol. The summed E-state index contributed by atoms with van der Waals surface area (Å²) in [4.78, 5) is 4.25. The first-order valence-electron chi connectivity index (χ1n) is 9.84. The molecule has 31 heavy (non-hydrogen) atoms. The molecule has 0 aliphatic heterocycles. The maximum Gasteiger partial charge on any atom is 0.274 e. The standard InChI is InChI=1S/C18H25BrFN7O3S/c19-14-9-13(5-6-15(14)20)25-17(21)16-18(27-30-26-16)23-10-12-3-1-11(2-4-12)7-8-24-31(22,28)29/h5-6,9,11-12,24H,1-4,7-8,10H2,(H2,21,25)(H,23,27)(H2,22,28,29). The highest BCUT2D eigenvalue weighted by atomic mass is 79.9. The van der Waals surface area contributed by atoms with Crippen molar-refractivity contribution in [3.63, 3.8) is 0 Å². The summed E-state index contributed by atoms with van der Waals surface area (Å²) in [6, 6.07) is 4.31. The number of nitrogens with one attached hydrogen (secondary N) is 2. The van der Waals surface area contributed by atoms with Gasteiger partial charge in [0.2, 0.25) is 5.82 Å². The molecule has 1 aliphatic rings. The lowest BCUT2D eigenvalue weighted by Gasteiger charge is -2.28. The normalized spacial score (nSPS) is 20.0. The SMILES string of the molecule is NC(=Nc1ccc(F)c(Br)c1)c1nonc1NCC1CCC(CCNS(N)(=O)=O)CC1. The Balaban J connectivity index is 1.50. The molecule has 0 radical (unpaired) electrons. The third-order valence-electron chi connectivity index (χ3n) is 5.26. The molecule has 0 bridgehead atoms. The summed E-state index contributed by atoms with van der Waals surface area (Å²) in [5, 5.41) is 15.9. The van der Waals surface area contributed by atoms with E-state index in [0.717, 1.165) is 32.1 Å². The number of hydrogen-bond acceptors (Lipinski definition) is 7. The first-order chi connectivity index (χ1) is 14.7. The highest BCUT2D eigenvalue weighted by Crippen LogP contribution is 2.31. The molecule has 13 heteroatoms. The van der Waals surface area contributed by atoms with E-state index in [1.165, 1.54) is 18.2 Å². The van der Waals surface area contributed by atoms with Gasteiger partial charge in [-0.2, -0.15) is 8.42 Å². The van der Waals surface area contributed by atoms with Crippen LogP contribution >= 0.6 is 15.9 Å². The predicted molar refractivity (Wildman–Crippen MR) is 118 cm³/mol. The molecule has 0 amide bonds. The largest absolute Gasteiger partial charge is 0.382 e. The van der Waals surface area contributed by atoms with Gasteiger partial charge in [-0.1, -0.05) is 12.8 Å². The van der Waals surface area contributed by atoms with Gasteiger partial charge < -0.3 is 11.1 Å². The lowest BCUT2D eigenvalue weighted by Crippen LogP contribution is -2.33. The molecular formula is C18H25BrFN7O3S. The monoisotopic (exact) mass is 517 g/mol. The van der Waals surface area contributed by atoms with Crippen molar-refractivity contribution >= 4 is 43.5 Å². The molecule has 1 heterocycles. The van der Waals surface area contributed by atoms with E-state index in [2.05, 4.69) is 41.3 Å². The van der Waals surface area contributed by atoms with Crippen LogP contribution in [0, 0.1) is 17.7 Å². The predicted octanol–water partition coefficient (Wildman–Crippen LogP) is 2.41. The van der Waals surface area contributed by atoms with Crippen LogP contribution in [0.5, 0.6) is 0 Å². The van der Waals surface area contributed by atoms with Crippen LogP contribution in [0.4, 0.5) is 15.9 Å². The zero-order chi connectivity index (χ0) is 22.4. The molecule has 0 unspecified atom stereocenters. The third-order valence-corrected chi connectivity index (χ3v) is 6.48. The van der Waals surface area contributed by atoms with Crippen molar-refractivity contribution in [3.8, 4) is 0 Å². The molecule has 170 valence electrons. The van der Waals surface area contributed by atoms with Gasteiger partial charge in [0.25, 0.3) is 10.2 Å². The van der Waals surface area contributed by atoms with Crippen LogP contribution in [-0.2, 0) is 10.2 Å². The number of aromatic nitrogens is 2. The fourth-order valence-corrected chi connectivity index (χ4v) is 4.36. The molecule has 1 fully saturated rings. The Labute approximate surface area is 188 Å². The van der Waals surface area contributed by atoms with Gasteiger partial charge in [0.15, 0.2) is 11.5 Å². The van der Waals surface area contributed by atoms with Gasteiger partial charge in [-0.3, -0.25) is 0 Å². The number of rotatable bonds is 9. The second-order valence-electron chi connectivity index (χ2n) is 7.55. The fraction of sp³-hybridized carbons (Fsp3) is 0.500. The molecule has 3 rings (SSSR count). The summed E-state index contributed by atoms with van der Waals surface area (Å²) < 4.78 is 42.7. The maximum absolute atomic E-state index is 13.4. The average molecular weight is 518 g/mol. The van der Waals surface area contributed by atoms with E-state index in [1.54, 1.807) is 0 Å². The van der Waals surface area contributed by atoms with Crippen molar-refractivity contribution in [2.45, 2.75) is 32.1 Å². The molecule has 0 spiro atoms. The quantitative estimate of drug-likeness (QED) is 0.293. The maximum atomic E-state index is 13.4. The summed E-state index contributed by atoms with van der Waals surface area (Å²) in [6.07, 6.45) is 4.85. The van der Waals surface area contributed by atoms with E-state index < -0.39 is 16.0 Å². The second kappa shape index (κ2) is 10.5. The van der Waals surface area contributed by atoms with Gasteiger partial charge in [-0.15, -0.1) is 0 Å². The minimum atomic E-state index is -3.63. The van der Waals surface area contributed by atoms with E-state index in [-0.39, 0.29) is 10.3 Å². The molecule has 1 saturated carbocycles. The Hall–Kier alpha value is -2.09. The van der Waals surface area contributed by atoms with E-state index >= 15 is 0 Å². The number of benzene rings is 1. The minimum Gasteiger partial charge on any atom is -0.382 e. The summed E-state index contributed by atoms with van der Waals surface area (Å²) >= 11 is 3.11. The number of nitrogens with two attached hydrogens (primary N) is 2. The van der Waals surface area contributed by atoms with Crippen LogP contribution in [0.3, 0.4) is 0 Å². The lowest BCUT2D eigenvalue weighted by atomic mass is 9.80. The van der Waals surface area contributed by atoms with Gasteiger partial charge in [0, 0.05) is 13.1 Å². The van der Waals surface area contributed by atoms with Crippen molar-refractivity contribution in [2.24, 2.45) is 27.7 Å². The molecule has 1 aromatic carbocycles. The van der Waals surface area contributed by atoms with Gasteiger partial charge in [-0.05, 0) is 75.5 Å². The van der Waals surface area contributed by atoms with Crippen molar-refractivity contribution in [2.75, 3.05) is 18.4 Å². The number of amidine groups is 1. The Kier molecular flexibility index (Phi) is 7.97. The van der Waals surface area contributed by atoms with E-state index in [4.69, 9.17) is 15.5 Å². The van der Waals surface area contributed by atoms with Gasteiger partial charge in [-0.25, -0.2) is 23.9 Å². The number of nitrogens with zero attached hydrogens (tertiary/aromatic N) is 3. The Morgan fingerprint density at radius 3 is 2.65 bits per heavy atom. The average Bonchev–Trinajstić information content (AvgIpc) is 3.18. The first kappa shape index (κ1) is 23.6. The molecule has 1 aromatic heterocycles. The molecule has 2 aromatic rings. The molecule has 0 atom stereocenters. The van der Waals surface area contributed by atoms with E-state index in [0.29, 0.717) is 42.1 Å². The number of hydrogen-bond donors (Lipinski definition) is 4. The van der Waals surface area contributed by atoms with Crippen molar-refractivity contribution < 1.29 is 17.4 Å². The Morgan fingerprint density at radius 2 is 1.97 bits per heavy atom. The fourth-order valence-electron chi connectivity index (χ4n) is 3.59. The summed E-state index contributed by atoms with van der Waals surface area (Å²) in [5.74, 6) is 1.04. The number of aliphatic imine (C=N–C) groups is 1. The van der Waals surface area contributed by atoms with Gasteiger partial charge in [0.1, 0.15) is 5.82 Å². The molecule has 0 saturated heterocycles. The van der Waals surface area contributed by atoms with E-state index in [9.17, 15) is 12.8 Å². The topological polar surface area (TPSA) is 162 Å². The van der Waals surface area contributed by atoms with Crippen LogP contribution in [0.2, 0.25) is 0 Å². The zero-order valence-corrected chi connectivity index (χ0v) is 19.1. The Bertz CT molecular complexity index is 1020. The van der Waals surface area contributed by atoms with Crippen LogP contribution < -0.4 is 20.9 Å². The smallest absolute Gasteiger partial charge is 0.274 e. The highest BCUT2D eigenvalue weighted by Gasteiger charge is 2.22. The van der Waals surface area contributed by atoms with Crippen molar-refractivity contribution in [3.05, 3.63) is 34.2 Å². The summed E-state index contributed by atoms with van der Waals surface area (Å²) in [5.41, 5.74) is 6.81. The molecule has 1 aliphatic carbocycles. The zero-order valence-electron chi connectivity index (χ0n) is 16.7. The van der Waals surface area contributed by atoms with Crippen LogP contribution in [0.25, 0.3) is 0 Å². The number of halogens is 2. The van der Waals surface area contributed by atoms with Crippen LogP contribution in [0.1, 0.15) is 37.8 Å². The molecule has 6 N–H and O–H groups in total. The number of anilines is 1. The van der Waals surface area contributed by atoms with Crippen molar-refractivity contribution in [1.29, 1.82) is 0 Å². The third kappa shape index (κ3) is 7.23.